The Kier molecular flexibility index (Phi) is 5.09. The van der Waals surface area contributed by atoms with Gasteiger partial charge in [0.15, 0.2) is 0 Å². The molecular formula is C14H17NO2. The summed E-state index contributed by atoms with van der Waals surface area (Å²) in [6, 6.07) is 7.41. The Morgan fingerprint density at radius 3 is 2.76 bits per heavy atom. The van der Waals surface area contributed by atoms with Gasteiger partial charge in [0.25, 0.3) is 0 Å². The predicted octanol–water partition coefficient (Wildman–Crippen LogP) is 2.32. The summed E-state index contributed by atoms with van der Waals surface area (Å²) in [5.74, 6) is 5.55. The van der Waals surface area contributed by atoms with Gasteiger partial charge in [-0.3, -0.25) is 0 Å². The van der Waals surface area contributed by atoms with Gasteiger partial charge in [-0.2, -0.15) is 0 Å². The molecule has 0 saturated carbocycles. The number of methoxy groups -OCH3 is 1. The molecule has 90 valence electrons. The summed E-state index contributed by atoms with van der Waals surface area (Å²) in [5.41, 5.74) is 1.46. The third-order valence-electron chi connectivity index (χ3n) is 2.47. The van der Waals surface area contributed by atoms with Crippen molar-refractivity contribution in [1.82, 2.24) is 0 Å². The number of hydrogen-bond donors (Lipinski definition) is 0. The first-order valence-corrected chi connectivity index (χ1v) is 5.48. The topological polar surface area (TPSA) is 29.5 Å². The fourth-order valence-corrected chi connectivity index (χ4v) is 1.56. The molecule has 0 amide bonds. The summed E-state index contributed by atoms with van der Waals surface area (Å²) in [5, 5.41) is 0. The van der Waals surface area contributed by atoms with Gasteiger partial charge in [0.05, 0.1) is 18.4 Å². The maximum atomic E-state index is 11.6. The molecule has 0 unspecified atom stereocenters. The van der Waals surface area contributed by atoms with E-state index in [1.54, 1.807) is 6.07 Å². The van der Waals surface area contributed by atoms with Crippen molar-refractivity contribution < 1.29 is 9.53 Å². The predicted molar refractivity (Wildman–Crippen MR) is 69.1 cm³/mol. The van der Waals surface area contributed by atoms with Gasteiger partial charge in [0.2, 0.25) is 0 Å². The van der Waals surface area contributed by atoms with Gasteiger partial charge in [-0.05, 0) is 19.1 Å². The second kappa shape index (κ2) is 6.59. The first-order chi connectivity index (χ1) is 8.20. The van der Waals surface area contributed by atoms with Gasteiger partial charge < -0.3 is 9.64 Å². The van der Waals surface area contributed by atoms with Crippen molar-refractivity contribution in [2.45, 2.75) is 13.3 Å². The number of esters is 1. The minimum Gasteiger partial charge on any atom is -0.465 e. The van der Waals surface area contributed by atoms with Crippen LogP contribution < -0.4 is 4.90 Å². The molecule has 0 aliphatic heterocycles. The van der Waals surface area contributed by atoms with Gasteiger partial charge in [0.1, 0.15) is 0 Å². The van der Waals surface area contributed by atoms with E-state index in [0.717, 1.165) is 18.7 Å². The van der Waals surface area contributed by atoms with Crippen molar-refractivity contribution in [2.24, 2.45) is 0 Å². The normalized spacial score (nSPS) is 9.12. The maximum absolute atomic E-state index is 11.6. The molecule has 0 aliphatic rings. The molecule has 3 heteroatoms. The second-order valence-electron chi connectivity index (χ2n) is 3.61. The fourth-order valence-electron chi connectivity index (χ4n) is 1.56. The van der Waals surface area contributed by atoms with Crippen LogP contribution in [0, 0.1) is 11.8 Å². The SMILES string of the molecule is CC#CCCN(C)c1ccccc1C(=O)OC. The fraction of sp³-hybridized carbons (Fsp3) is 0.357. The van der Waals surface area contributed by atoms with E-state index >= 15 is 0 Å². The molecule has 0 radical (unpaired) electrons. The van der Waals surface area contributed by atoms with Crippen LogP contribution >= 0.6 is 0 Å². The lowest BCUT2D eigenvalue weighted by molar-refractivity contribution is 0.0601. The van der Waals surface area contributed by atoms with Gasteiger partial charge in [-0.25, -0.2) is 4.79 Å². The van der Waals surface area contributed by atoms with E-state index in [9.17, 15) is 4.79 Å². The third-order valence-corrected chi connectivity index (χ3v) is 2.47. The molecule has 3 nitrogen and oxygen atoms in total. The number of benzene rings is 1. The van der Waals surface area contributed by atoms with E-state index < -0.39 is 0 Å². The van der Waals surface area contributed by atoms with E-state index in [-0.39, 0.29) is 5.97 Å². The summed E-state index contributed by atoms with van der Waals surface area (Å²) in [6.07, 6.45) is 0.780. The van der Waals surface area contributed by atoms with Crippen molar-refractivity contribution in [3.05, 3.63) is 29.8 Å². The Bertz CT molecular complexity index is 443. The molecule has 1 aromatic carbocycles. The van der Waals surface area contributed by atoms with Gasteiger partial charge in [0, 0.05) is 20.0 Å². The quantitative estimate of drug-likeness (QED) is 0.588. The summed E-state index contributed by atoms with van der Waals surface area (Å²) in [7, 11) is 3.33. The Hall–Kier alpha value is -1.95. The Morgan fingerprint density at radius 1 is 1.41 bits per heavy atom. The van der Waals surface area contributed by atoms with Crippen LogP contribution in [0.3, 0.4) is 0 Å². The molecule has 0 N–H and O–H groups in total. The highest BCUT2D eigenvalue weighted by Crippen LogP contribution is 2.19. The smallest absolute Gasteiger partial charge is 0.339 e. The van der Waals surface area contributed by atoms with Crippen LogP contribution in [-0.4, -0.2) is 26.7 Å². The molecule has 0 saturated heterocycles. The van der Waals surface area contributed by atoms with Gasteiger partial charge in [-0.1, -0.05) is 12.1 Å². The molecule has 0 aromatic heterocycles. The van der Waals surface area contributed by atoms with Crippen LogP contribution in [0.15, 0.2) is 24.3 Å². The lowest BCUT2D eigenvalue weighted by Crippen LogP contribution is -2.21. The Morgan fingerprint density at radius 2 is 2.12 bits per heavy atom. The first-order valence-electron chi connectivity index (χ1n) is 5.48. The van der Waals surface area contributed by atoms with Crippen molar-refractivity contribution in [3.63, 3.8) is 0 Å². The average molecular weight is 231 g/mol. The average Bonchev–Trinajstić information content (AvgIpc) is 2.38. The highest BCUT2D eigenvalue weighted by atomic mass is 16.5. The van der Waals surface area contributed by atoms with Crippen molar-refractivity contribution in [2.75, 3.05) is 25.6 Å². The van der Waals surface area contributed by atoms with Crippen molar-refractivity contribution in [3.8, 4) is 11.8 Å². The molecule has 17 heavy (non-hydrogen) atoms. The van der Waals surface area contributed by atoms with Crippen LogP contribution in [0.1, 0.15) is 23.7 Å². The molecular weight excluding hydrogens is 214 g/mol. The minimum atomic E-state index is -0.311. The van der Waals surface area contributed by atoms with Crippen LogP contribution in [-0.2, 0) is 4.74 Å². The standard InChI is InChI=1S/C14H17NO2/c1-4-5-8-11-15(2)13-10-7-6-9-12(13)14(16)17-3/h6-7,9-10H,8,11H2,1-3H3. The number of rotatable bonds is 4. The largest absolute Gasteiger partial charge is 0.465 e. The molecule has 0 fully saturated rings. The zero-order valence-electron chi connectivity index (χ0n) is 10.5. The number of carbonyl (C=O) groups is 1. The number of para-hydroxylation sites is 1. The van der Waals surface area contributed by atoms with E-state index in [4.69, 9.17) is 4.74 Å². The molecule has 1 aromatic rings. The highest BCUT2D eigenvalue weighted by Gasteiger charge is 2.13. The number of nitrogens with zero attached hydrogens (tertiary/aromatic N) is 1. The highest BCUT2D eigenvalue weighted by molar-refractivity contribution is 5.95. The van der Waals surface area contributed by atoms with Crippen LogP contribution in [0.25, 0.3) is 0 Å². The van der Waals surface area contributed by atoms with E-state index in [1.807, 2.05) is 37.1 Å². The van der Waals surface area contributed by atoms with Gasteiger partial charge >= 0.3 is 5.97 Å². The molecule has 0 bridgehead atoms. The van der Waals surface area contributed by atoms with E-state index in [1.165, 1.54) is 7.11 Å². The number of ether oxygens (including phenoxy) is 1. The summed E-state index contributed by atoms with van der Waals surface area (Å²) in [4.78, 5) is 13.6. The van der Waals surface area contributed by atoms with Crippen LogP contribution in [0.5, 0.6) is 0 Å². The summed E-state index contributed by atoms with van der Waals surface area (Å²) >= 11 is 0. The first kappa shape index (κ1) is 13.1. The van der Waals surface area contributed by atoms with Crippen LogP contribution in [0.2, 0.25) is 0 Å². The molecule has 0 atom stereocenters. The Labute approximate surface area is 102 Å². The molecule has 0 aliphatic carbocycles. The monoisotopic (exact) mass is 231 g/mol. The lowest BCUT2D eigenvalue weighted by Gasteiger charge is -2.20. The van der Waals surface area contributed by atoms with E-state index in [0.29, 0.717) is 5.56 Å². The number of carbonyl (C=O) groups excluding carboxylic acids is 1. The zero-order chi connectivity index (χ0) is 12.7. The minimum absolute atomic E-state index is 0.311. The summed E-state index contributed by atoms with van der Waals surface area (Å²) in [6.45, 7) is 2.61. The van der Waals surface area contributed by atoms with E-state index in [2.05, 4.69) is 11.8 Å². The van der Waals surface area contributed by atoms with Gasteiger partial charge in [-0.15, -0.1) is 11.8 Å². The Balaban J connectivity index is 2.87. The molecule has 1 rings (SSSR count). The maximum Gasteiger partial charge on any atom is 0.339 e. The summed E-state index contributed by atoms with van der Waals surface area (Å²) < 4.78 is 4.76. The molecule has 0 spiro atoms. The molecule has 0 heterocycles. The second-order valence-corrected chi connectivity index (χ2v) is 3.61. The van der Waals surface area contributed by atoms with Crippen molar-refractivity contribution >= 4 is 11.7 Å². The third kappa shape index (κ3) is 3.53. The van der Waals surface area contributed by atoms with Crippen molar-refractivity contribution in [1.29, 1.82) is 0 Å². The number of anilines is 1. The zero-order valence-corrected chi connectivity index (χ0v) is 10.5. The number of hydrogen-bond acceptors (Lipinski definition) is 3. The lowest BCUT2D eigenvalue weighted by atomic mass is 10.1. The van der Waals surface area contributed by atoms with Crippen LogP contribution in [0.4, 0.5) is 5.69 Å².